The second-order valence-electron chi connectivity index (χ2n) is 5.22. The molecule has 2 aromatic carbocycles. The van der Waals surface area contributed by atoms with E-state index >= 15 is 0 Å². The molecule has 0 unspecified atom stereocenters. The Morgan fingerprint density at radius 2 is 1.69 bits per heavy atom. The number of hydrogen-bond donors (Lipinski definition) is 1. The Labute approximate surface area is 160 Å². The zero-order valence-corrected chi connectivity index (χ0v) is 15.6. The Morgan fingerprint density at radius 1 is 1.08 bits per heavy atom. The van der Waals surface area contributed by atoms with Crippen LogP contribution < -0.4 is 14.8 Å². The van der Waals surface area contributed by atoms with E-state index in [1.807, 2.05) is 0 Å². The predicted molar refractivity (Wildman–Crippen MR) is 99.1 cm³/mol. The largest absolute Gasteiger partial charge is 0.493 e. The summed E-state index contributed by atoms with van der Waals surface area (Å²) in [6.45, 7) is 1.09. The van der Waals surface area contributed by atoms with E-state index in [1.165, 1.54) is 32.2 Å². The van der Waals surface area contributed by atoms with Crippen LogP contribution in [0.2, 0.25) is 10.0 Å². The maximum Gasteiger partial charge on any atom is 0.344 e. The predicted octanol–water partition coefficient (Wildman–Crippen LogP) is 3.95. The average Bonchev–Trinajstić information content (AvgIpc) is 2.59. The molecule has 0 radical (unpaired) electrons. The van der Waals surface area contributed by atoms with Crippen molar-refractivity contribution in [1.29, 1.82) is 0 Å². The van der Waals surface area contributed by atoms with E-state index in [0.29, 0.717) is 27.2 Å². The van der Waals surface area contributed by atoms with Crippen LogP contribution in [0.5, 0.6) is 11.5 Å². The summed E-state index contributed by atoms with van der Waals surface area (Å²) in [6, 6.07) is 11.5. The molecule has 0 aliphatic heterocycles. The van der Waals surface area contributed by atoms with Crippen molar-refractivity contribution < 1.29 is 23.8 Å². The van der Waals surface area contributed by atoms with E-state index in [1.54, 1.807) is 24.3 Å². The number of methoxy groups -OCH3 is 1. The molecule has 0 spiro atoms. The van der Waals surface area contributed by atoms with Crippen molar-refractivity contribution in [2.75, 3.05) is 19.0 Å². The minimum Gasteiger partial charge on any atom is -0.493 e. The number of halogens is 2. The number of esters is 1. The molecule has 0 aromatic heterocycles. The number of nitrogens with one attached hydrogen (secondary N) is 1. The third-order valence-corrected chi connectivity index (χ3v) is 3.66. The quantitative estimate of drug-likeness (QED) is 0.715. The van der Waals surface area contributed by atoms with Gasteiger partial charge in [-0.2, -0.15) is 0 Å². The van der Waals surface area contributed by atoms with Crippen molar-refractivity contribution in [2.24, 2.45) is 0 Å². The van der Waals surface area contributed by atoms with Crippen LogP contribution in [-0.4, -0.2) is 31.7 Å². The van der Waals surface area contributed by atoms with Crippen molar-refractivity contribution in [3.05, 3.63) is 52.5 Å². The SMILES string of the molecule is COc1ccccc1OCC(=O)O[C@@H](C)C(=O)Nc1cc(Cl)cc(Cl)c1. The average molecular weight is 398 g/mol. The van der Waals surface area contributed by atoms with Crippen LogP contribution in [0, 0.1) is 0 Å². The summed E-state index contributed by atoms with van der Waals surface area (Å²) in [5.74, 6) is -0.321. The molecule has 0 fully saturated rings. The van der Waals surface area contributed by atoms with Crippen LogP contribution in [0.15, 0.2) is 42.5 Å². The molecule has 0 saturated carbocycles. The van der Waals surface area contributed by atoms with Crippen molar-refractivity contribution in [3.63, 3.8) is 0 Å². The van der Waals surface area contributed by atoms with Gasteiger partial charge in [-0.3, -0.25) is 4.79 Å². The van der Waals surface area contributed by atoms with Gasteiger partial charge in [-0.05, 0) is 37.3 Å². The minimum atomic E-state index is -1.03. The third kappa shape index (κ3) is 5.82. The topological polar surface area (TPSA) is 73.9 Å². The second-order valence-corrected chi connectivity index (χ2v) is 6.09. The summed E-state index contributed by atoms with van der Waals surface area (Å²) in [5, 5.41) is 3.33. The molecule has 1 atom stereocenters. The Kier molecular flexibility index (Phi) is 7.12. The highest BCUT2D eigenvalue weighted by Gasteiger charge is 2.19. The van der Waals surface area contributed by atoms with Gasteiger partial charge in [0, 0.05) is 15.7 Å². The van der Waals surface area contributed by atoms with Crippen LogP contribution in [0.3, 0.4) is 0 Å². The number of hydrogen-bond acceptors (Lipinski definition) is 5. The molecule has 8 heteroatoms. The fourth-order valence-electron chi connectivity index (χ4n) is 2.03. The number of para-hydroxylation sites is 2. The van der Waals surface area contributed by atoms with Gasteiger partial charge >= 0.3 is 5.97 Å². The molecule has 0 heterocycles. The lowest BCUT2D eigenvalue weighted by molar-refractivity contribution is -0.155. The van der Waals surface area contributed by atoms with E-state index in [4.69, 9.17) is 37.4 Å². The van der Waals surface area contributed by atoms with Crippen molar-refractivity contribution in [2.45, 2.75) is 13.0 Å². The molecule has 1 N–H and O–H groups in total. The van der Waals surface area contributed by atoms with E-state index < -0.39 is 18.0 Å². The molecule has 6 nitrogen and oxygen atoms in total. The van der Waals surface area contributed by atoms with Gasteiger partial charge in [0.1, 0.15) is 0 Å². The normalized spacial score (nSPS) is 11.4. The van der Waals surface area contributed by atoms with Gasteiger partial charge in [0.25, 0.3) is 5.91 Å². The third-order valence-electron chi connectivity index (χ3n) is 3.22. The fraction of sp³-hybridized carbons (Fsp3) is 0.222. The molecule has 0 aliphatic carbocycles. The first-order chi connectivity index (χ1) is 12.4. The number of carbonyl (C=O) groups is 2. The molecule has 2 rings (SSSR count). The van der Waals surface area contributed by atoms with Gasteiger partial charge in [0.2, 0.25) is 0 Å². The number of anilines is 1. The van der Waals surface area contributed by atoms with Crippen LogP contribution in [0.25, 0.3) is 0 Å². The monoisotopic (exact) mass is 397 g/mol. The van der Waals surface area contributed by atoms with E-state index in [2.05, 4.69) is 5.32 Å². The molecule has 0 aliphatic rings. The van der Waals surface area contributed by atoms with Gasteiger partial charge in [0.05, 0.1) is 7.11 Å². The number of carbonyl (C=O) groups excluding carboxylic acids is 2. The molecule has 0 saturated heterocycles. The van der Waals surface area contributed by atoms with Crippen LogP contribution in [0.4, 0.5) is 5.69 Å². The van der Waals surface area contributed by atoms with Crippen LogP contribution in [0.1, 0.15) is 6.92 Å². The van der Waals surface area contributed by atoms with Gasteiger partial charge in [-0.1, -0.05) is 35.3 Å². The van der Waals surface area contributed by atoms with Gasteiger partial charge < -0.3 is 19.5 Å². The lowest BCUT2D eigenvalue weighted by atomic mass is 10.3. The number of ether oxygens (including phenoxy) is 3. The first-order valence-electron chi connectivity index (χ1n) is 7.61. The lowest BCUT2D eigenvalue weighted by Gasteiger charge is -2.15. The molecular formula is C18H17Cl2NO5. The number of amides is 1. The molecular weight excluding hydrogens is 381 g/mol. The number of benzene rings is 2. The van der Waals surface area contributed by atoms with E-state index in [-0.39, 0.29) is 6.61 Å². The Morgan fingerprint density at radius 3 is 2.31 bits per heavy atom. The van der Waals surface area contributed by atoms with Crippen molar-refractivity contribution in [3.8, 4) is 11.5 Å². The van der Waals surface area contributed by atoms with Crippen molar-refractivity contribution >= 4 is 40.8 Å². The summed E-state index contributed by atoms with van der Waals surface area (Å²) in [4.78, 5) is 24.0. The summed E-state index contributed by atoms with van der Waals surface area (Å²) in [6.07, 6.45) is -1.03. The summed E-state index contributed by atoms with van der Waals surface area (Å²) in [7, 11) is 1.50. The Balaban J connectivity index is 1.86. The zero-order chi connectivity index (χ0) is 19.1. The highest BCUT2D eigenvalue weighted by Crippen LogP contribution is 2.25. The highest BCUT2D eigenvalue weighted by atomic mass is 35.5. The molecule has 2 aromatic rings. The molecule has 1 amide bonds. The van der Waals surface area contributed by atoms with Crippen LogP contribution in [-0.2, 0) is 14.3 Å². The summed E-state index contributed by atoms with van der Waals surface area (Å²) >= 11 is 11.7. The van der Waals surface area contributed by atoms with Gasteiger partial charge in [0.15, 0.2) is 24.2 Å². The smallest absolute Gasteiger partial charge is 0.344 e. The zero-order valence-electron chi connectivity index (χ0n) is 14.1. The Bertz CT molecular complexity index is 777. The van der Waals surface area contributed by atoms with Gasteiger partial charge in [-0.25, -0.2) is 4.79 Å². The standard InChI is InChI=1S/C18H17Cl2NO5/c1-11(18(23)21-14-8-12(19)7-13(20)9-14)26-17(22)10-25-16-6-4-3-5-15(16)24-2/h3-9,11H,10H2,1-2H3,(H,21,23)/t11-/m0/s1. The van der Waals surface area contributed by atoms with Crippen molar-refractivity contribution in [1.82, 2.24) is 0 Å². The van der Waals surface area contributed by atoms with Crippen LogP contribution >= 0.6 is 23.2 Å². The van der Waals surface area contributed by atoms with E-state index in [0.717, 1.165) is 0 Å². The van der Waals surface area contributed by atoms with Gasteiger partial charge in [-0.15, -0.1) is 0 Å². The number of rotatable bonds is 7. The first-order valence-corrected chi connectivity index (χ1v) is 8.37. The minimum absolute atomic E-state index is 0.360. The summed E-state index contributed by atoms with van der Waals surface area (Å²) < 4.78 is 15.5. The van der Waals surface area contributed by atoms with E-state index in [9.17, 15) is 9.59 Å². The summed E-state index contributed by atoms with van der Waals surface area (Å²) in [5.41, 5.74) is 0.403. The highest BCUT2D eigenvalue weighted by molar-refractivity contribution is 6.35. The Hall–Kier alpha value is -2.44. The molecule has 138 valence electrons. The fourth-order valence-corrected chi connectivity index (χ4v) is 2.56. The second kappa shape index (κ2) is 9.31. The maximum atomic E-state index is 12.1. The first kappa shape index (κ1) is 19.9. The molecule has 26 heavy (non-hydrogen) atoms. The molecule has 0 bridgehead atoms. The lowest BCUT2D eigenvalue weighted by Crippen LogP contribution is -2.31. The maximum absolute atomic E-state index is 12.1.